The Morgan fingerprint density at radius 3 is 2.29 bits per heavy atom. The quantitative estimate of drug-likeness (QED) is 0.453. The van der Waals surface area contributed by atoms with Gasteiger partial charge in [0.05, 0.1) is 5.02 Å². The van der Waals surface area contributed by atoms with E-state index >= 15 is 0 Å². The molecular formula is C20H28ClNOS. The number of hydrogen-bond donors (Lipinski definition) is 0. The molecule has 2 nitrogen and oxygen atoms in total. The number of thiophene rings is 1. The molecule has 1 aromatic carbocycles. The maximum absolute atomic E-state index is 13.1. The van der Waals surface area contributed by atoms with Crippen LogP contribution in [0.4, 0.5) is 0 Å². The Morgan fingerprint density at radius 1 is 1.08 bits per heavy atom. The number of carbonyl (C=O) groups is 1. The van der Waals surface area contributed by atoms with E-state index in [0.717, 1.165) is 48.9 Å². The number of halogens is 1. The molecule has 0 fully saturated rings. The zero-order valence-electron chi connectivity index (χ0n) is 15.0. The largest absolute Gasteiger partial charge is 0.338 e. The molecule has 1 heterocycles. The predicted molar refractivity (Wildman–Crippen MR) is 107 cm³/mol. The molecule has 2 rings (SSSR count). The van der Waals surface area contributed by atoms with Crippen LogP contribution in [0.3, 0.4) is 0 Å². The van der Waals surface area contributed by atoms with E-state index in [2.05, 4.69) is 32.9 Å². The summed E-state index contributed by atoms with van der Waals surface area (Å²) in [6.45, 7) is 8.11. The van der Waals surface area contributed by atoms with E-state index in [4.69, 9.17) is 11.6 Å². The molecule has 0 bridgehead atoms. The molecule has 0 aliphatic heterocycles. The van der Waals surface area contributed by atoms with Crippen LogP contribution in [0.15, 0.2) is 18.2 Å². The molecule has 0 aliphatic rings. The number of carbonyl (C=O) groups excluding carboxylic acids is 1. The lowest BCUT2D eigenvalue weighted by atomic mass is 10.2. The van der Waals surface area contributed by atoms with Gasteiger partial charge < -0.3 is 4.90 Å². The van der Waals surface area contributed by atoms with Gasteiger partial charge in [-0.3, -0.25) is 4.79 Å². The maximum atomic E-state index is 13.1. The second-order valence-electron chi connectivity index (χ2n) is 6.45. The molecule has 0 radical (unpaired) electrons. The standard InChI is InChI=1S/C20H28ClNOS/c1-4-6-8-12-22(13-9-7-5-2)20(23)19-18(21)16-11-10-15(3)14-17(16)24-19/h10-11,14H,4-9,12-13H2,1-3H3. The third-order valence-corrected chi connectivity index (χ3v) is 5.97. The molecule has 132 valence electrons. The molecule has 2 aromatic rings. The van der Waals surface area contributed by atoms with Crippen LogP contribution in [0.1, 0.15) is 67.6 Å². The lowest BCUT2D eigenvalue weighted by Gasteiger charge is -2.22. The number of amides is 1. The first-order chi connectivity index (χ1) is 11.6. The van der Waals surface area contributed by atoms with Crippen molar-refractivity contribution in [3.8, 4) is 0 Å². The summed E-state index contributed by atoms with van der Waals surface area (Å²) < 4.78 is 1.10. The van der Waals surface area contributed by atoms with Gasteiger partial charge in [0, 0.05) is 23.2 Å². The minimum absolute atomic E-state index is 0.103. The van der Waals surface area contributed by atoms with Gasteiger partial charge >= 0.3 is 0 Å². The van der Waals surface area contributed by atoms with E-state index in [9.17, 15) is 4.79 Å². The van der Waals surface area contributed by atoms with E-state index in [1.807, 2.05) is 11.0 Å². The van der Waals surface area contributed by atoms with E-state index in [1.165, 1.54) is 29.7 Å². The van der Waals surface area contributed by atoms with Crippen molar-refractivity contribution in [1.29, 1.82) is 0 Å². The first-order valence-electron chi connectivity index (χ1n) is 9.06. The number of aryl methyl sites for hydroxylation is 1. The van der Waals surface area contributed by atoms with Crippen LogP contribution in [0, 0.1) is 6.92 Å². The Morgan fingerprint density at radius 2 is 1.71 bits per heavy atom. The highest BCUT2D eigenvalue weighted by Gasteiger charge is 2.22. The van der Waals surface area contributed by atoms with Gasteiger partial charge in [-0.05, 0) is 31.4 Å². The van der Waals surface area contributed by atoms with Crippen molar-refractivity contribution < 1.29 is 4.79 Å². The molecule has 0 saturated carbocycles. The maximum Gasteiger partial charge on any atom is 0.265 e. The minimum atomic E-state index is 0.103. The van der Waals surface area contributed by atoms with E-state index < -0.39 is 0 Å². The molecule has 0 aliphatic carbocycles. The predicted octanol–water partition coefficient (Wildman–Crippen LogP) is 6.69. The first-order valence-corrected chi connectivity index (χ1v) is 10.3. The normalized spacial score (nSPS) is 11.2. The van der Waals surface area contributed by atoms with Gasteiger partial charge in [0.1, 0.15) is 4.88 Å². The van der Waals surface area contributed by atoms with Crippen molar-refractivity contribution in [2.75, 3.05) is 13.1 Å². The van der Waals surface area contributed by atoms with Crippen LogP contribution in [-0.2, 0) is 0 Å². The molecule has 0 atom stereocenters. The molecular weight excluding hydrogens is 338 g/mol. The van der Waals surface area contributed by atoms with Crippen molar-refractivity contribution in [2.45, 2.75) is 59.3 Å². The highest BCUT2D eigenvalue weighted by Crippen LogP contribution is 2.36. The Hall–Kier alpha value is -1.06. The zero-order chi connectivity index (χ0) is 17.5. The van der Waals surface area contributed by atoms with Crippen molar-refractivity contribution in [3.63, 3.8) is 0 Å². The highest BCUT2D eigenvalue weighted by molar-refractivity contribution is 7.21. The van der Waals surface area contributed by atoms with Gasteiger partial charge in [-0.25, -0.2) is 0 Å². The number of benzene rings is 1. The van der Waals surface area contributed by atoms with Gasteiger partial charge in [-0.2, -0.15) is 0 Å². The monoisotopic (exact) mass is 365 g/mol. The second kappa shape index (κ2) is 9.43. The smallest absolute Gasteiger partial charge is 0.265 e. The summed E-state index contributed by atoms with van der Waals surface area (Å²) in [5.74, 6) is 0.103. The van der Waals surface area contributed by atoms with E-state index in [1.54, 1.807) is 0 Å². The minimum Gasteiger partial charge on any atom is -0.338 e. The van der Waals surface area contributed by atoms with Crippen LogP contribution < -0.4 is 0 Å². The second-order valence-corrected chi connectivity index (χ2v) is 7.88. The Balaban J connectivity index is 2.21. The average molecular weight is 366 g/mol. The van der Waals surface area contributed by atoms with Crippen molar-refractivity contribution in [3.05, 3.63) is 33.7 Å². The molecule has 0 N–H and O–H groups in total. The summed E-state index contributed by atoms with van der Waals surface area (Å²) in [5, 5.41) is 1.62. The lowest BCUT2D eigenvalue weighted by molar-refractivity contribution is 0.0754. The topological polar surface area (TPSA) is 20.3 Å². The number of hydrogen-bond acceptors (Lipinski definition) is 2. The molecule has 0 saturated heterocycles. The fourth-order valence-corrected chi connectivity index (χ4v) is 4.45. The van der Waals surface area contributed by atoms with Crippen LogP contribution in [0.25, 0.3) is 10.1 Å². The average Bonchev–Trinajstić information content (AvgIpc) is 2.89. The number of rotatable bonds is 9. The Kier molecular flexibility index (Phi) is 7.57. The van der Waals surface area contributed by atoms with Gasteiger partial charge in [0.25, 0.3) is 5.91 Å². The van der Waals surface area contributed by atoms with Crippen LogP contribution in [0.2, 0.25) is 5.02 Å². The van der Waals surface area contributed by atoms with Crippen molar-refractivity contribution in [1.82, 2.24) is 4.90 Å². The van der Waals surface area contributed by atoms with Crippen molar-refractivity contribution in [2.24, 2.45) is 0 Å². The van der Waals surface area contributed by atoms with Crippen LogP contribution in [-0.4, -0.2) is 23.9 Å². The van der Waals surface area contributed by atoms with Crippen LogP contribution >= 0.6 is 22.9 Å². The van der Waals surface area contributed by atoms with Gasteiger partial charge in [0.2, 0.25) is 0 Å². The molecule has 1 aromatic heterocycles. The van der Waals surface area contributed by atoms with Gasteiger partial charge in [-0.15, -0.1) is 11.3 Å². The van der Waals surface area contributed by atoms with E-state index in [0.29, 0.717) is 9.90 Å². The fourth-order valence-electron chi connectivity index (χ4n) is 2.87. The molecule has 1 amide bonds. The number of nitrogens with zero attached hydrogens (tertiary/aromatic N) is 1. The fraction of sp³-hybridized carbons (Fsp3) is 0.550. The van der Waals surface area contributed by atoms with Gasteiger partial charge in [0.15, 0.2) is 0 Å². The summed E-state index contributed by atoms with van der Waals surface area (Å²) in [6, 6.07) is 6.19. The summed E-state index contributed by atoms with van der Waals surface area (Å²) in [6.07, 6.45) is 6.79. The molecule has 4 heteroatoms. The van der Waals surface area contributed by atoms with Crippen LogP contribution in [0.5, 0.6) is 0 Å². The third kappa shape index (κ3) is 4.73. The number of unbranched alkanes of at least 4 members (excludes halogenated alkanes) is 4. The van der Waals surface area contributed by atoms with Crippen molar-refractivity contribution >= 4 is 38.9 Å². The molecule has 24 heavy (non-hydrogen) atoms. The molecule has 0 spiro atoms. The first kappa shape index (κ1) is 19.3. The summed E-state index contributed by atoms with van der Waals surface area (Å²) in [4.78, 5) is 15.8. The Bertz CT molecular complexity index is 670. The summed E-state index contributed by atoms with van der Waals surface area (Å²) in [7, 11) is 0. The summed E-state index contributed by atoms with van der Waals surface area (Å²) in [5.41, 5.74) is 1.20. The lowest BCUT2D eigenvalue weighted by Crippen LogP contribution is -2.32. The third-order valence-electron chi connectivity index (χ3n) is 4.33. The number of fused-ring (bicyclic) bond motifs is 1. The van der Waals surface area contributed by atoms with E-state index in [-0.39, 0.29) is 5.91 Å². The summed E-state index contributed by atoms with van der Waals surface area (Å²) >= 11 is 8.06. The SMILES string of the molecule is CCCCCN(CCCCC)C(=O)c1sc2cc(C)ccc2c1Cl. The van der Waals surface area contributed by atoms with Gasteiger partial charge in [-0.1, -0.05) is 63.3 Å². The zero-order valence-corrected chi connectivity index (χ0v) is 16.6. The highest BCUT2D eigenvalue weighted by atomic mass is 35.5. The molecule has 0 unspecified atom stereocenters. The Labute approximate surface area is 154 Å².